The summed E-state index contributed by atoms with van der Waals surface area (Å²) in [5.41, 5.74) is 1.31. The van der Waals surface area contributed by atoms with Gasteiger partial charge in [-0.15, -0.1) is 5.10 Å². The van der Waals surface area contributed by atoms with E-state index in [1.54, 1.807) is 11.7 Å². The van der Waals surface area contributed by atoms with E-state index in [0.717, 1.165) is 5.56 Å². The van der Waals surface area contributed by atoms with Crippen LogP contribution in [0.5, 0.6) is 0 Å². The van der Waals surface area contributed by atoms with Crippen LogP contribution in [0.2, 0.25) is 0 Å². The van der Waals surface area contributed by atoms with Gasteiger partial charge in [-0.05, 0) is 12.0 Å². The number of amides is 2. The zero-order valence-corrected chi connectivity index (χ0v) is 17.3. The van der Waals surface area contributed by atoms with Gasteiger partial charge in [0.2, 0.25) is 5.82 Å². The van der Waals surface area contributed by atoms with E-state index in [2.05, 4.69) is 25.6 Å². The first-order chi connectivity index (χ1) is 15.3. The number of anilines is 1. The number of hydrogen-bond donors (Lipinski definition) is 2. The van der Waals surface area contributed by atoms with Gasteiger partial charge < -0.3 is 5.32 Å². The molecule has 2 aromatic heterocycles. The van der Waals surface area contributed by atoms with Crippen LogP contribution in [-0.2, 0) is 17.8 Å². The summed E-state index contributed by atoms with van der Waals surface area (Å²) >= 11 is 0. The van der Waals surface area contributed by atoms with Crippen molar-refractivity contribution < 1.29 is 18.4 Å². The number of likely N-dealkylation sites (N-methyl/N-ethyl adjacent to an activating group) is 1. The van der Waals surface area contributed by atoms with Gasteiger partial charge in [-0.25, -0.2) is 18.4 Å². The van der Waals surface area contributed by atoms with Crippen molar-refractivity contribution in [1.82, 2.24) is 30.3 Å². The molecule has 0 radical (unpaired) electrons. The molecule has 0 spiro atoms. The van der Waals surface area contributed by atoms with Crippen molar-refractivity contribution in [3.05, 3.63) is 59.3 Å². The van der Waals surface area contributed by atoms with Crippen molar-refractivity contribution in [2.75, 3.05) is 11.9 Å². The maximum atomic E-state index is 13.4. The van der Waals surface area contributed by atoms with Gasteiger partial charge in [0.05, 0.1) is 11.6 Å². The fourth-order valence-corrected chi connectivity index (χ4v) is 3.91. The second kappa shape index (κ2) is 7.50. The van der Waals surface area contributed by atoms with Gasteiger partial charge in [-0.2, -0.15) is 5.10 Å². The van der Waals surface area contributed by atoms with E-state index in [0.29, 0.717) is 30.3 Å². The Balaban J connectivity index is 1.25. The van der Waals surface area contributed by atoms with E-state index in [4.69, 9.17) is 0 Å². The minimum Gasteiger partial charge on any atom is -0.337 e. The molecule has 2 aliphatic rings. The van der Waals surface area contributed by atoms with E-state index < -0.39 is 23.8 Å². The van der Waals surface area contributed by atoms with Crippen LogP contribution in [0.15, 0.2) is 36.4 Å². The third kappa shape index (κ3) is 3.74. The molecular formula is C21H21F2N7O2. The van der Waals surface area contributed by atoms with Crippen LogP contribution in [0.4, 0.5) is 14.6 Å². The van der Waals surface area contributed by atoms with Gasteiger partial charge >= 0.3 is 0 Å². The number of carbonyl (C=O) groups is 2. The lowest BCUT2D eigenvalue weighted by Crippen LogP contribution is -2.47. The lowest BCUT2D eigenvalue weighted by Gasteiger charge is -2.19. The fraction of sp³-hybridized carbons (Fsp3) is 0.381. The normalized spacial score (nSPS) is 21.7. The summed E-state index contributed by atoms with van der Waals surface area (Å²) in [5, 5.41) is 13.7. The molecule has 1 aliphatic heterocycles. The van der Waals surface area contributed by atoms with Crippen molar-refractivity contribution in [1.29, 1.82) is 0 Å². The Labute approximate surface area is 181 Å². The van der Waals surface area contributed by atoms with Gasteiger partial charge in [-0.3, -0.25) is 19.6 Å². The minimum atomic E-state index is -2.73. The summed E-state index contributed by atoms with van der Waals surface area (Å²) in [5.74, 6) is -3.61. The fourth-order valence-electron chi connectivity index (χ4n) is 3.91. The number of hydrogen-bond acceptors (Lipinski definition) is 5. The van der Waals surface area contributed by atoms with Crippen LogP contribution in [0.25, 0.3) is 0 Å². The SMILES string of the molecule is CN1C(=O)[C@@H](NC(=O)c2n[nH]c(Cc3ccccc3)n2)CCn2nc([C@H]3CC3(F)F)cc21. The highest BCUT2D eigenvalue weighted by Gasteiger charge is 2.59. The highest BCUT2D eigenvalue weighted by atomic mass is 19.3. The monoisotopic (exact) mass is 441 g/mol. The zero-order chi connectivity index (χ0) is 22.5. The molecular weight excluding hydrogens is 420 g/mol. The number of benzene rings is 1. The number of aryl methyl sites for hydroxylation is 1. The predicted octanol–water partition coefficient (Wildman–Crippen LogP) is 1.88. The Morgan fingerprint density at radius 3 is 2.78 bits per heavy atom. The van der Waals surface area contributed by atoms with E-state index in [1.165, 1.54) is 11.0 Å². The number of nitrogens with zero attached hydrogens (tertiary/aromatic N) is 5. The van der Waals surface area contributed by atoms with Gasteiger partial charge in [0.1, 0.15) is 17.7 Å². The lowest BCUT2D eigenvalue weighted by molar-refractivity contribution is -0.120. The second-order valence-corrected chi connectivity index (χ2v) is 8.15. The average molecular weight is 441 g/mol. The molecule has 5 rings (SSSR count). The second-order valence-electron chi connectivity index (χ2n) is 8.15. The number of aromatic nitrogens is 5. The number of nitrogens with one attached hydrogen (secondary N) is 2. The quantitative estimate of drug-likeness (QED) is 0.629. The van der Waals surface area contributed by atoms with Gasteiger partial charge in [0, 0.05) is 32.5 Å². The minimum absolute atomic E-state index is 0.0494. The van der Waals surface area contributed by atoms with Gasteiger partial charge in [0.25, 0.3) is 17.7 Å². The number of fused-ring (bicyclic) bond motifs is 1. The van der Waals surface area contributed by atoms with Crippen molar-refractivity contribution >= 4 is 17.6 Å². The highest BCUT2D eigenvalue weighted by Crippen LogP contribution is 2.55. The van der Waals surface area contributed by atoms with E-state index >= 15 is 0 Å². The molecule has 11 heteroatoms. The number of halogens is 2. The summed E-state index contributed by atoms with van der Waals surface area (Å²) < 4.78 is 28.3. The summed E-state index contributed by atoms with van der Waals surface area (Å²) in [6.07, 6.45) is 0.545. The third-order valence-corrected chi connectivity index (χ3v) is 5.82. The zero-order valence-electron chi connectivity index (χ0n) is 17.3. The Kier molecular flexibility index (Phi) is 4.75. The van der Waals surface area contributed by atoms with E-state index in [-0.39, 0.29) is 24.6 Å². The largest absolute Gasteiger partial charge is 0.337 e. The smallest absolute Gasteiger partial charge is 0.291 e. The Bertz CT molecular complexity index is 1170. The molecule has 2 atom stereocenters. The molecule has 2 N–H and O–H groups in total. The Hall–Kier alpha value is -3.63. The number of carbonyl (C=O) groups excluding carboxylic acids is 2. The van der Waals surface area contributed by atoms with Crippen LogP contribution in [0.1, 0.15) is 46.5 Å². The summed E-state index contributed by atoms with van der Waals surface area (Å²) in [6, 6.07) is 10.4. The summed E-state index contributed by atoms with van der Waals surface area (Å²) in [7, 11) is 1.54. The first-order valence-corrected chi connectivity index (χ1v) is 10.3. The summed E-state index contributed by atoms with van der Waals surface area (Å²) in [6.45, 7) is 0.307. The number of alkyl halides is 2. The summed E-state index contributed by atoms with van der Waals surface area (Å²) in [4.78, 5) is 31.1. The van der Waals surface area contributed by atoms with Crippen molar-refractivity contribution in [2.45, 2.75) is 43.7 Å². The number of H-pyrrole nitrogens is 1. The van der Waals surface area contributed by atoms with Crippen LogP contribution >= 0.6 is 0 Å². The molecule has 3 aromatic rings. The van der Waals surface area contributed by atoms with Crippen molar-refractivity contribution in [3.63, 3.8) is 0 Å². The molecule has 1 aliphatic carbocycles. The Morgan fingerprint density at radius 1 is 1.31 bits per heavy atom. The molecule has 32 heavy (non-hydrogen) atoms. The lowest BCUT2D eigenvalue weighted by atomic mass is 10.1. The first kappa shape index (κ1) is 20.3. The number of aromatic amines is 1. The van der Waals surface area contributed by atoms with Crippen LogP contribution in [-0.4, -0.2) is 55.8 Å². The van der Waals surface area contributed by atoms with Gasteiger partial charge in [0.15, 0.2) is 0 Å². The molecule has 0 bridgehead atoms. The highest BCUT2D eigenvalue weighted by molar-refractivity contribution is 6.00. The van der Waals surface area contributed by atoms with Gasteiger partial charge in [-0.1, -0.05) is 30.3 Å². The van der Waals surface area contributed by atoms with Crippen molar-refractivity contribution in [2.24, 2.45) is 0 Å². The molecule has 3 heterocycles. The standard InChI is InChI=1S/C21H21F2N7O2/c1-29-17-10-15(13-11-21(13,22)23)28-30(17)8-7-14(20(29)32)24-19(31)18-25-16(26-27-18)9-12-5-3-2-4-6-12/h2-6,10,13-14H,7-9,11H2,1H3,(H,24,31)(H,25,26,27)/t13-,14+/m1/s1. The van der Waals surface area contributed by atoms with Crippen LogP contribution < -0.4 is 10.2 Å². The Morgan fingerprint density at radius 2 is 2.06 bits per heavy atom. The molecule has 0 saturated heterocycles. The molecule has 9 nitrogen and oxygen atoms in total. The molecule has 0 unspecified atom stereocenters. The molecule has 1 fully saturated rings. The van der Waals surface area contributed by atoms with E-state index in [9.17, 15) is 18.4 Å². The molecule has 2 amide bonds. The maximum Gasteiger partial charge on any atom is 0.291 e. The molecule has 166 valence electrons. The van der Waals surface area contributed by atoms with Crippen LogP contribution in [0, 0.1) is 0 Å². The average Bonchev–Trinajstić information content (AvgIpc) is 3.12. The van der Waals surface area contributed by atoms with Crippen LogP contribution in [0.3, 0.4) is 0 Å². The van der Waals surface area contributed by atoms with Crippen molar-refractivity contribution in [3.8, 4) is 0 Å². The van der Waals surface area contributed by atoms with E-state index in [1.807, 2.05) is 30.3 Å². The molecule has 1 aromatic carbocycles. The first-order valence-electron chi connectivity index (χ1n) is 10.3. The third-order valence-electron chi connectivity index (χ3n) is 5.82. The maximum absolute atomic E-state index is 13.4. The number of rotatable bonds is 5. The predicted molar refractivity (Wildman–Crippen MR) is 109 cm³/mol. The topological polar surface area (TPSA) is 109 Å². The molecule has 1 saturated carbocycles.